The van der Waals surface area contributed by atoms with Crippen LogP contribution in [-0.2, 0) is 0 Å². The van der Waals surface area contributed by atoms with E-state index in [1.54, 1.807) is 17.4 Å². The lowest BCUT2D eigenvalue weighted by atomic mass is 10.1. The van der Waals surface area contributed by atoms with Gasteiger partial charge in [0.05, 0.1) is 12.6 Å². The van der Waals surface area contributed by atoms with Gasteiger partial charge in [0.25, 0.3) is 0 Å². The number of rotatable bonds is 5. The molecule has 20 heavy (non-hydrogen) atoms. The normalized spacial score (nSPS) is 13.2. The van der Waals surface area contributed by atoms with Crippen LogP contribution in [0.3, 0.4) is 0 Å². The summed E-state index contributed by atoms with van der Waals surface area (Å²) in [6.45, 7) is 0.0506. The molecule has 0 bridgehead atoms. The number of hydrogen-bond donors (Lipinski definition) is 3. The van der Waals surface area contributed by atoms with Gasteiger partial charge in [-0.05, 0) is 24.6 Å². The summed E-state index contributed by atoms with van der Waals surface area (Å²) in [5.74, 6) is -4.28. The SMILES string of the molecule is CC(O)c1cccc(NC(=O)NCC(F)(F)C(F)F)c1. The number of benzene rings is 1. The number of nitrogens with one attached hydrogen (secondary N) is 2. The minimum absolute atomic E-state index is 0.251. The molecule has 1 aromatic carbocycles. The number of hydrogen-bond acceptors (Lipinski definition) is 2. The number of aliphatic hydroxyl groups excluding tert-OH is 1. The van der Waals surface area contributed by atoms with Gasteiger partial charge in [-0.25, -0.2) is 13.6 Å². The Morgan fingerprint density at radius 1 is 1.40 bits per heavy atom. The van der Waals surface area contributed by atoms with Crippen molar-refractivity contribution in [1.29, 1.82) is 0 Å². The fourth-order valence-electron chi connectivity index (χ4n) is 1.33. The van der Waals surface area contributed by atoms with Crippen LogP contribution in [0.5, 0.6) is 0 Å². The molecule has 0 saturated heterocycles. The maximum absolute atomic E-state index is 12.6. The van der Waals surface area contributed by atoms with E-state index >= 15 is 0 Å². The molecule has 1 atom stereocenters. The Labute approximate surface area is 112 Å². The van der Waals surface area contributed by atoms with E-state index in [0.29, 0.717) is 5.56 Å². The van der Waals surface area contributed by atoms with Crippen LogP contribution in [0.4, 0.5) is 28.0 Å². The predicted octanol–water partition coefficient (Wildman–Crippen LogP) is 2.76. The molecule has 8 heteroatoms. The first-order valence-corrected chi connectivity index (χ1v) is 5.71. The summed E-state index contributed by atoms with van der Waals surface area (Å²) in [7, 11) is 0. The Morgan fingerprint density at radius 2 is 2.05 bits per heavy atom. The molecule has 0 fully saturated rings. The number of amides is 2. The van der Waals surface area contributed by atoms with Crippen LogP contribution in [0.15, 0.2) is 24.3 Å². The molecular weight excluding hydrogens is 280 g/mol. The Bertz CT molecular complexity index is 467. The van der Waals surface area contributed by atoms with Gasteiger partial charge in [0, 0.05) is 5.69 Å². The Kier molecular flexibility index (Phi) is 5.32. The monoisotopic (exact) mass is 294 g/mol. The molecule has 4 nitrogen and oxygen atoms in total. The first-order chi connectivity index (χ1) is 9.22. The van der Waals surface area contributed by atoms with Crippen molar-refractivity contribution in [3.8, 4) is 0 Å². The van der Waals surface area contributed by atoms with Crippen LogP contribution in [0.2, 0.25) is 0 Å². The smallest absolute Gasteiger partial charge is 0.324 e. The summed E-state index contributed by atoms with van der Waals surface area (Å²) in [4.78, 5) is 11.3. The molecule has 0 radical (unpaired) electrons. The van der Waals surface area contributed by atoms with E-state index in [1.165, 1.54) is 19.1 Å². The van der Waals surface area contributed by atoms with Gasteiger partial charge in [0.1, 0.15) is 0 Å². The van der Waals surface area contributed by atoms with Crippen molar-refractivity contribution < 1.29 is 27.5 Å². The standard InChI is InChI=1S/C12H14F4N2O2/c1-7(19)8-3-2-4-9(5-8)18-11(20)17-6-12(15,16)10(13)14/h2-5,7,10,19H,6H2,1H3,(H2,17,18,20). The third-order valence-electron chi connectivity index (χ3n) is 2.43. The molecule has 0 saturated carbocycles. The Morgan fingerprint density at radius 3 is 2.60 bits per heavy atom. The topological polar surface area (TPSA) is 61.4 Å². The van der Waals surface area contributed by atoms with E-state index in [-0.39, 0.29) is 5.69 Å². The van der Waals surface area contributed by atoms with Crippen LogP contribution in [0, 0.1) is 0 Å². The zero-order valence-electron chi connectivity index (χ0n) is 10.5. The van der Waals surface area contributed by atoms with Crippen molar-refractivity contribution in [2.75, 3.05) is 11.9 Å². The van der Waals surface area contributed by atoms with Crippen LogP contribution in [0.1, 0.15) is 18.6 Å². The summed E-state index contributed by atoms with van der Waals surface area (Å²) < 4.78 is 48.9. The van der Waals surface area contributed by atoms with Crippen LogP contribution < -0.4 is 10.6 Å². The van der Waals surface area contributed by atoms with Crippen molar-refractivity contribution in [3.63, 3.8) is 0 Å². The average Bonchev–Trinajstić information content (AvgIpc) is 2.36. The highest BCUT2D eigenvalue weighted by Gasteiger charge is 2.40. The molecular formula is C12H14F4N2O2. The number of aliphatic hydroxyl groups is 1. The molecule has 0 aliphatic rings. The zero-order chi connectivity index (χ0) is 15.3. The largest absolute Gasteiger partial charge is 0.389 e. The van der Waals surface area contributed by atoms with E-state index in [0.717, 1.165) is 0 Å². The summed E-state index contributed by atoms with van der Waals surface area (Å²) in [5.41, 5.74) is 0.766. The van der Waals surface area contributed by atoms with Crippen LogP contribution >= 0.6 is 0 Å². The zero-order valence-corrected chi connectivity index (χ0v) is 10.5. The van der Waals surface area contributed by atoms with Gasteiger partial charge in [-0.1, -0.05) is 12.1 Å². The number of carbonyl (C=O) groups excluding carboxylic acids is 1. The molecule has 112 valence electrons. The Hall–Kier alpha value is -1.83. The molecule has 0 spiro atoms. The quantitative estimate of drug-likeness (QED) is 0.731. The fourth-order valence-corrected chi connectivity index (χ4v) is 1.33. The van der Waals surface area contributed by atoms with Gasteiger partial charge in [-0.15, -0.1) is 0 Å². The second-order valence-electron chi connectivity index (χ2n) is 4.17. The maximum atomic E-state index is 12.6. The molecule has 0 aliphatic carbocycles. The van der Waals surface area contributed by atoms with E-state index in [1.807, 2.05) is 0 Å². The van der Waals surface area contributed by atoms with Gasteiger partial charge in [0.2, 0.25) is 0 Å². The minimum Gasteiger partial charge on any atom is -0.389 e. The minimum atomic E-state index is -4.28. The lowest BCUT2D eigenvalue weighted by Gasteiger charge is -2.16. The highest BCUT2D eigenvalue weighted by Crippen LogP contribution is 2.21. The molecule has 1 rings (SSSR count). The van der Waals surface area contributed by atoms with Crippen molar-refractivity contribution in [1.82, 2.24) is 5.32 Å². The van der Waals surface area contributed by atoms with Crippen LogP contribution in [-0.4, -0.2) is 30.0 Å². The lowest BCUT2D eigenvalue weighted by Crippen LogP contribution is -2.42. The molecule has 1 unspecified atom stereocenters. The third-order valence-corrected chi connectivity index (χ3v) is 2.43. The molecule has 2 amide bonds. The van der Waals surface area contributed by atoms with E-state index in [9.17, 15) is 27.5 Å². The van der Waals surface area contributed by atoms with Gasteiger partial charge in [0.15, 0.2) is 0 Å². The van der Waals surface area contributed by atoms with Crippen LogP contribution in [0.25, 0.3) is 0 Å². The van der Waals surface area contributed by atoms with Crippen molar-refractivity contribution >= 4 is 11.7 Å². The maximum Gasteiger partial charge on any atom is 0.324 e. The summed E-state index contributed by atoms with van der Waals surface area (Å²) in [5, 5.41) is 13.2. The highest BCUT2D eigenvalue weighted by molar-refractivity contribution is 5.89. The van der Waals surface area contributed by atoms with Gasteiger partial charge in [-0.2, -0.15) is 8.78 Å². The Balaban J connectivity index is 2.57. The second-order valence-corrected chi connectivity index (χ2v) is 4.17. The summed E-state index contributed by atoms with van der Waals surface area (Å²) >= 11 is 0. The third kappa shape index (κ3) is 4.69. The second kappa shape index (κ2) is 6.56. The summed E-state index contributed by atoms with van der Waals surface area (Å²) in [6.07, 6.45) is -4.61. The molecule has 0 aliphatic heterocycles. The average molecular weight is 294 g/mol. The number of halogens is 4. The lowest BCUT2D eigenvalue weighted by molar-refractivity contribution is -0.123. The number of carbonyl (C=O) groups is 1. The molecule has 0 aromatic heterocycles. The van der Waals surface area contributed by atoms with E-state index in [4.69, 9.17) is 0 Å². The number of alkyl halides is 4. The molecule has 3 N–H and O–H groups in total. The highest BCUT2D eigenvalue weighted by atomic mass is 19.3. The fraction of sp³-hybridized carbons (Fsp3) is 0.417. The predicted molar refractivity (Wildman–Crippen MR) is 65.0 cm³/mol. The van der Waals surface area contributed by atoms with Gasteiger partial charge < -0.3 is 15.7 Å². The van der Waals surface area contributed by atoms with Gasteiger partial charge in [-0.3, -0.25) is 0 Å². The summed E-state index contributed by atoms with van der Waals surface area (Å²) in [6, 6.07) is 5.03. The molecule has 1 aromatic rings. The van der Waals surface area contributed by atoms with Gasteiger partial charge >= 0.3 is 18.4 Å². The number of urea groups is 1. The first kappa shape index (κ1) is 16.2. The molecule has 0 heterocycles. The van der Waals surface area contributed by atoms with Crippen molar-refractivity contribution in [2.45, 2.75) is 25.4 Å². The van der Waals surface area contributed by atoms with E-state index in [2.05, 4.69) is 5.32 Å². The number of anilines is 1. The first-order valence-electron chi connectivity index (χ1n) is 5.71. The van der Waals surface area contributed by atoms with Crippen molar-refractivity contribution in [2.24, 2.45) is 0 Å². The van der Waals surface area contributed by atoms with Crippen molar-refractivity contribution in [3.05, 3.63) is 29.8 Å². The van der Waals surface area contributed by atoms with E-state index < -0.39 is 31.0 Å².